The quantitative estimate of drug-likeness (QED) is 0.386. The molecule has 0 aliphatic heterocycles. The molecule has 0 aromatic heterocycles. The fraction of sp³-hybridized carbons (Fsp3) is 1.00. The van der Waals surface area contributed by atoms with Gasteiger partial charge >= 0.3 is 97.2 Å². The third-order valence-electron chi connectivity index (χ3n) is 3.18. The Kier molecular flexibility index (Phi) is 15.5. The van der Waals surface area contributed by atoms with Gasteiger partial charge in [0.1, 0.15) is 0 Å². The van der Waals surface area contributed by atoms with E-state index in [2.05, 4.69) is 10.7 Å². The van der Waals surface area contributed by atoms with Crippen molar-refractivity contribution in [3.63, 3.8) is 0 Å². The monoisotopic (exact) mass is 326 g/mol. The predicted octanol–water partition coefficient (Wildman–Crippen LogP) is 4.11. The summed E-state index contributed by atoms with van der Waals surface area (Å²) >= 11 is -2.89. The van der Waals surface area contributed by atoms with Crippen LogP contribution in [0.1, 0.15) is 84.0 Å². The zero-order valence-electron chi connectivity index (χ0n) is 11.9. The van der Waals surface area contributed by atoms with Crippen LogP contribution in [-0.2, 0) is 7.65 Å². The van der Waals surface area contributed by atoms with Gasteiger partial charge in [0.25, 0.3) is 0 Å². The van der Waals surface area contributed by atoms with Crippen molar-refractivity contribution < 1.29 is 11.8 Å². The molecule has 1 N–H and O–H groups in total. The summed E-state index contributed by atoms with van der Waals surface area (Å²) in [6.07, 6.45) is 15.6. The van der Waals surface area contributed by atoms with Gasteiger partial charge in [0.15, 0.2) is 0 Å². The summed E-state index contributed by atoms with van der Waals surface area (Å²) in [4.78, 5) is 0. The van der Waals surface area contributed by atoms with Gasteiger partial charge in [-0.3, -0.25) is 0 Å². The first-order valence-corrected chi connectivity index (χ1v) is 9.68. The van der Waals surface area contributed by atoms with Crippen molar-refractivity contribution in [2.75, 3.05) is 6.61 Å². The van der Waals surface area contributed by atoms with E-state index in [-0.39, 0.29) is 0 Å². The summed E-state index contributed by atoms with van der Waals surface area (Å²) in [6.45, 7) is 2.70. The molecular weight excluding hydrogens is 295 g/mol. The molecule has 0 aromatic carbocycles. The second-order valence-electron chi connectivity index (χ2n) is 4.93. The average Bonchev–Trinajstić information content (AvgIpc) is 2.34. The van der Waals surface area contributed by atoms with Crippen LogP contribution in [-0.4, -0.2) is 25.3 Å². The van der Waals surface area contributed by atoms with Crippen LogP contribution < -0.4 is 0 Å². The Morgan fingerprint density at radius 1 is 0.778 bits per heavy atom. The first-order valence-electron chi connectivity index (χ1n) is 7.51. The van der Waals surface area contributed by atoms with Gasteiger partial charge in [-0.2, -0.15) is 0 Å². The molecule has 1 atom stereocenters. The van der Waals surface area contributed by atoms with Crippen LogP contribution in [0, 0.1) is 0 Å². The number of hydrogen-bond acceptors (Lipinski definition) is 2. The Hall–Kier alpha value is 0.239. The molecular formula is C14H30O3Se. The molecule has 4 heteroatoms. The maximum absolute atomic E-state index is 10.3. The van der Waals surface area contributed by atoms with Crippen molar-refractivity contribution in [3.05, 3.63) is 0 Å². The molecule has 0 aliphatic rings. The number of rotatable bonds is 14. The van der Waals surface area contributed by atoms with Crippen LogP contribution >= 0.6 is 0 Å². The Bertz CT molecular complexity index is 186. The minimum atomic E-state index is -2.89. The van der Waals surface area contributed by atoms with E-state index in [0.717, 1.165) is 12.8 Å². The van der Waals surface area contributed by atoms with Crippen LogP contribution in [0.5, 0.6) is 0 Å². The van der Waals surface area contributed by atoms with Gasteiger partial charge in [-0.05, 0) is 0 Å². The van der Waals surface area contributed by atoms with Gasteiger partial charge in [-0.25, -0.2) is 0 Å². The summed E-state index contributed by atoms with van der Waals surface area (Å²) in [6, 6.07) is 0. The molecule has 0 heterocycles. The van der Waals surface area contributed by atoms with Crippen LogP contribution in [0.15, 0.2) is 0 Å². The van der Waals surface area contributed by atoms with E-state index in [9.17, 15) is 3.83 Å². The van der Waals surface area contributed by atoms with Gasteiger partial charge in [-0.15, -0.1) is 0 Å². The SMILES string of the molecule is CCCCCCCCCCCCCCO[Se](=O)O. The maximum atomic E-state index is 10.3. The molecule has 0 aromatic rings. The summed E-state index contributed by atoms with van der Waals surface area (Å²) < 4.78 is 23.4. The molecule has 0 saturated heterocycles. The van der Waals surface area contributed by atoms with Crippen LogP contribution in [0.3, 0.4) is 0 Å². The van der Waals surface area contributed by atoms with Crippen molar-refractivity contribution in [1.82, 2.24) is 0 Å². The van der Waals surface area contributed by atoms with E-state index in [0.29, 0.717) is 6.61 Å². The molecule has 0 radical (unpaired) electrons. The fourth-order valence-corrected chi connectivity index (χ4v) is 2.62. The van der Waals surface area contributed by atoms with E-state index in [1.54, 1.807) is 0 Å². The van der Waals surface area contributed by atoms with Crippen molar-refractivity contribution in [2.45, 2.75) is 84.0 Å². The van der Waals surface area contributed by atoms with E-state index < -0.39 is 14.5 Å². The van der Waals surface area contributed by atoms with Crippen LogP contribution in [0.4, 0.5) is 0 Å². The molecule has 0 spiro atoms. The summed E-state index contributed by atoms with van der Waals surface area (Å²) in [5.41, 5.74) is 0. The van der Waals surface area contributed by atoms with Gasteiger partial charge in [0.05, 0.1) is 0 Å². The number of hydrogen-bond donors (Lipinski definition) is 1. The molecule has 1 unspecified atom stereocenters. The first kappa shape index (κ1) is 18.2. The Labute approximate surface area is 117 Å². The molecule has 3 nitrogen and oxygen atoms in total. The van der Waals surface area contributed by atoms with Gasteiger partial charge < -0.3 is 0 Å². The predicted molar refractivity (Wildman–Crippen MR) is 75.7 cm³/mol. The molecule has 0 aliphatic carbocycles. The molecule has 110 valence electrons. The molecule has 0 bridgehead atoms. The van der Waals surface area contributed by atoms with E-state index >= 15 is 0 Å². The summed E-state index contributed by atoms with van der Waals surface area (Å²) in [7, 11) is 0. The minimum absolute atomic E-state index is 0.447. The van der Waals surface area contributed by atoms with Crippen molar-refractivity contribution in [1.29, 1.82) is 0 Å². The zero-order valence-corrected chi connectivity index (χ0v) is 13.6. The molecule has 0 rings (SSSR count). The van der Waals surface area contributed by atoms with Crippen molar-refractivity contribution in [2.24, 2.45) is 0 Å². The summed E-state index contributed by atoms with van der Waals surface area (Å²) in [5, 5.41) is 0. The molecule has 0 saturated carbocycles. The Balaban J connectivity index is 2.92. The number of unbranched alkanes of at least 4 members (excludes halogenated alkanes) is 11. The molecule has 0 fully saturated rings. The normalized spacial score (nSPS) is 12.8. The average molecular weight is 325 g/mol. The van der Waals surface area contributed by atoms with Crippen molar-refractivity contribution in [3.8, 4) is 0 Å². The zero-order chi connectivity index (χ0) is 13.5. The Morgan fingerprint density at radius 3 is 1.56 bits per heavy atom. The third-order valence-corrected chi connectivity index (χ3v) is 3.95. The van der Waals surface area contributed by atoms with E-state index in [4.69, 9.17) is 4.19 Å². The van der Waals surface area contributed by atoms with Crippen molar-refractivity contribution >= 4 is 14.5 Å². The first-order chi connectivity index (χ1) is 8.77. The Morgan fingerprint density at radius 2 is 1.17 bits per heavy atom. The van der Waals surface area contributed by atoms with Gasteiger partial charge in [-0.1, -0.05) is 19.8 Å². The van der Waals surface area contributed by atoms with Crippen LogP contribution in [0.2, 0.25) is 0 Å². The summed E-state index contributed by atoms with van der Waals surface area (Å²) in [5.74, 6) is 0. The second-order valence-corrected chi connectivity index (χ2v) is 6.33. The second kappa shape index (κ2) is 15.3. The van der Waals surface area contributed by atoms with Crippen LogP contribution in [0.25, 0.3) is 0 Å². The van der Waals surface area contributed by atoms with Gasteiger partial charge in [0.2, 0.25) is 0 Å². The van der Waals surface area contributed by atoms with Gasteiger partial charge in [0, 0.05) is 0 Å². The van der Waals surface area contributed by atoms with E-state index in [1.807, 2.05) is 0 Å². The fourth-order valence-electron chi connectivity index (χ4n) is 2.07. The third kappa shape index (κ3) is 16.2. The molecule has 18 heavy (non-hydrogen) atoms. The topological polar surface area (TPSA) is 46.5 Å². The van der Waals surface area contributed by atoms with E-state index in [1.165, 1.54) is 64.2 Å². The molecule has 0 amide bonds. The standard InChI is InChI=1S/C14H30O3Se/c1-2-3-4-5-6-7-8-9-10-11-12-13-14-17-18(15)16/h2-14H2,1H3,(H,15,16).